The predicted octanol–water partition coefficient (Wildman–Crippen LogP) is 1.70. The fraction of sp³-hybridized carbons (Fsp3) is 0.929. The summed E-state index contributed by atoms with van der Waals surface area (Å²) in [5, 5.41) is 6.31. The number of hydrogen-bond donors (Lipinski definition) is 2. The smallest absolute Gasteiger partial charge is 0.220 e. The van der Waals surface area contributed by atoms with Crippen LogP contribution in [0.15, 0.2) is 0 Å². The Morgan fingerprint density at radius 2 is 2.22 bits per heavy atom. The van der Waals surface area contributed by atoms with Crippen molar-refractivity contribution in [2.24, 2.45) is 5.92 Å². The molecule has 0 aromatic carbocycles. The van der Waals surface area contributed by atoms with Crippen LogP contribution in [0.3, 0.4) is 0 Å². The van der Waals surface area contributed by atoms with E-state index in [4.69, 9.17) is 4.74 Å². The second kappa shape index (κ2) is 10.3. The van der Waals surface area contributed by atoms with Gasteiger partial charge in [-0.2, -0.15) is 0 Å². The molecule has 1 aliphatic rings. The zero-order valence-electron chi connectivity index (χ0n) is 11.7. The minimum absolute atomic E-state index is 0.192. The standard InChI is InChI=1S/C14H28N2O2/c1-2-3-9-18-10-5-8-16-14(17)11-13-6-4-7-15-12-13/h13,15H,2-12H2,1H3,(H,16,17). The molecule has 4 heteroatoms. The Morgan fingerprint density at radius 1 is 1.39 bits per heavy atom. The van der Waals surface area contributed by atoms with E-state index < -0.39 is 0 Å². The van der Waals surface area contributed by atoms with Crippen molar-refractivity contribution in [3.05, 3.63) is 0 Å². The first-order valence-corrected chi connectivity index (χ1v) is 7.38. The highest BCUT2D eigenvalue weighted by atomic mass is 16.5. The normalized spacial score (nSPS) is 19.7. The lowest BCUT2D eigenvalue weighted by molar-refractivity contribution is -0.122. The summed E-state index contributed by atoms with van der Waals surface area (Å²) in [7, 11) is 0. The lowest BCUT2D eigenvalue weighted by Gasteiger charge is -2.22. The van der Waals surface area contributed by atoms with Crippen LogP contribution in [0.1, 0.15) is 45.4 Å². The first-order chi connectivity index (χ1) is 8.83. The molecule has 0 radical (unpaired) electrons. The quantitative estimate of drug-likeness (QED) is 0.617. The van der Waals surface area contributed by atoms with E-state index in [1.807, 2.05) is 0 Å². The number of ether oxygens (including phenoxy) is 1. The number of hydrogen-bond acceptors (Lipinski definition) is 3. The molecule has 0 aromatic rings. The highest BCUT2D eigenvalue weighted by molar-refractivity contribution is 5.76. The van der Waals surface area contributed by atoms with Crippen LogP contribution in [0, 0.1) is 5.92 Å². The van der Waals surface area contributed by atoms with Gasteiger partial charge in [-0.1, -0.05) is 13.3 Å². The average Bonchev–Trinajstić information content (AvgIpc) is 2.39. The van der Waals surface area contributed by atoms with E-state index in [-0.39, 0.29) is 5.91 Å². The van der Waals surface area contributed by atoms with Crippen LogP contribution in [0.25, 0.3) is 0 Å². The van der Waals surface area contributed by atoms with Gasteiger partial charge in [0.25, 0.3) is 0 Å². The van der Waals surface area contributed by atoms with Gasteiger partial charge < -0.3 is 15.4 Å². The van der Waals surface area contributed by atoms with Gasteiger partial charge in [-0.05, 0) is 44.7 Å². The first-order valence-electron chi connectivity index (χ1n) is 7.38. The van der Waals surface area contributed by atoms with E-state index in [1.54, 1.807) is 0 Å². The molecule has 4 nitrogen and oxygen atoms in total. The molecule has 1 amide bonds. The number of amides is 1. The van der Waals surface area contributed by atoms with E-state index >= 15 is 0 Å². The van der Waals surface area contributed by atoms with Gasteiger partial charge in [0.1, 0.15) is 0 Å². The highest BCUT2D eigenvalue weighted by Gasteiger charge is 2.16. The van der Waals surface area contributed by atoms with Gasteiger partial charge in [0.2, 0.25) is 5.91 Å². The zero-order valence-corrected chi connectivity index (χ0v) is 11.7. The molecule has 0 aliphatic carbocycles. The number of carbonyl (C=O) groups is 1. The van der Waals surface area contributed by atoms with Crippen LogP contribution in [0.2, 0.25) is 0 Å². The van der Waals surface area contributed by atoms with Gasteiger partial charge in [0.15, 0.2) is 0 Å². The van der Waals surface area contributed by atoms with Gasteiger partial charge in [-0.15, -0.1) is 0 Å². The minimum atomic E-state index is 0.192. The fourth-order valence-electron chi connectivity index (χ4n) is 2.18. The van der Waals surface area contributed by atoms with E-state index in [9.17, 15) is 4.79 Å². The third-order valence-corrected chi connectivity index (χ3v) is 3.30. The van der Waals surface area contributed by atoms with E-state index in [1.165, 1.54) is 19.3 Å². The third-order valence-electron chi connectivity index (χ3n) is 3.30. The van der Waals surface area contributed by atoms with Crippen LogP contribution in [0.5, 0.6) is 0 Å². The Hall–Kier alpha value is -0.610. The molecule has 2 N–H and O–H groups in total. The molecule has 1 atom stereocenters. The maximum Gasteiger partial charge on any atom is 0.220 e. The van der Waals surface area contributed by atoms with Crippen LogP contribution < -0.4 is 10.6 Å². The molecule has 1 rings (SSSR count). The van der Waals surface area contributed by atoms with Crippen molar-refractivity contribution in [2.75, 3.05) is 32.8 Å². The topological polar surface area (TPSA) is 50.4 Å². The summed E-state index contributed by atoms with van der Waals surface area (Å²) in [4.78, 5) is 11.7. The fourth-order valence-corrected chi connectivity index (χ4v) is 2.18. The first kappa shape index (κ1) is 15.4. The number of rotatable bonds is 9. The van der Waals surface area contributed by atoms with E-state index in [0.29, 0.717) is 12.3 Å². The van der Waals surface area contributed by atoms with Crippen molar-refractivity contribution in [1.82, 2.24) is 10.6 Å². The maximum absolute atomic E-state index is 11.7. The molecule has 1 fully saturated rings. The van der Waals surface area contributed by atoms with Gasteiger partial charge in [-0.3, -0.25) is 4.79 Å². The van der Waals surface area contributed by atoms with Gasteiger partial charge >= 0.3 is 0 Å². The molecular formula is C14H28N2O2. The number of nitrogens with one attached hydrogen (secondary N) is 2. The van der Waals surface area contributed by atoms with E-state index in [2.05, 4.69) is 17.6 Å². The summed E-state index contributed by atoms with van der Waals surface area (Å²) >= 11 is 0. The Morgan fingerprint density at radius 3 is 2.94 bits per heavy atom. The monoisotopic (exact) mass is 256 g/mol. The van der Waals surface area contributed by atoms with Crippen molar-refractivity contribution < 1.29 is 9.53 Å². The van der Waals surface area contributed by atoms with Gasteiger partial charge in [0, 0.05) is 26.2 Å². The maximum atomic E-state index is 11.7. The van der Waals surface area contributed by atoms with Crippen LogP contribution in [-0.2, 0) is 9.53 Å². The molecule has 0 aromatic heterocycles. The van der Waals surface area contributed by atoms with Crippen molar-refractivity contribution in [3.63, 3.8) is 0 Å². The minimum Gasteiger partial charge on any atom is -0.381 e. The Bertz CT molecular complexity index is 216. The molecule has 0 bridgehead atoms. The second-order valence-corrected chi connectivity index (χ2v) is 5.09. The zero-order chi connectivity index (χ0) is 13.1. The molecule has 1 heterocycles. The third kappa shape index (κ3) is 7.67. The van der Waals surface area contributed by atoms with Crippen molar-refractivity contribution in [3.8, 4) is 0 Å². The molecular weight excluding hydrogens is 228 g/mol. The summed E-state index contributed by atoms with van der Waals surface area (Å²) in [5.41, 5.74) is 0. The molecule has 1 saturated heterocycles. The van der Waals surface area contributed by atoms with Crippen molar-refractivity contribution in [1.29, 1.82) is 0 Å². The number of unbranched alkanes of at least 4 members (excludes halogenated alkanes) is 1. The lowest BCUT2D eigenvalue weighted by Crippen LogP contribution is -2.34. The number of carbonyl (C=O) groups excluding carboxylic acids is 1. The second-order valence-electron chi connectivity index (χ2n) is 5.09. The Labute approximate surface area is 111 Å². The summed E-state index contributed by atoms with van der Waals surface area (Å²) in [6, 6.07) is 0. The Balaban J connectivity index is 1.90. The predicted molar refractivity (Wildman–Crippen MR) is 73.6 cm³/mol. The number of piperidine rings is 1. The largest absolute Gasteiger partial charge is 0.381 e. The molecule has 1 unspecified atom stereocenters. The highest BCUT2D eigenvalue weighted by Crippen LogP contribution is 2.13. The van der Waals surface area contributed by atoms with Crippen LogP contribution >= 0.6 is 0 Å². The molecule has 106 valence electrons. The molecule has 1 aliphatic heterocycles. The molecule has 18 heavy (non-hydrogen) atoms. The van der Waals surface area contributed by atoms with Gasteiger partial charge in [-0.25, -0.2) is 0 Å². The molecule has 0 spiro atoms. The summed E-state index contributed by atoms with van der Waals surface area (Å²) in [6.07, 6.45) is 6.26. The van der Waals surface area contributed by atoms with Crippen molar-refractivity contribution in [2.45, 2.75) is 45.4 Å². The van der Waals surface area contributed by atoms with Crippen LogP contribution in [-0.4, -0.2) is 38.8 Å². The van der Waals surface area contributed by atoms with Crippen LogP contribution in [0.4, 0.5) is 0 Å². The Kier molecular flexibility index (Phi) is 8.86. The summed E-state index contributed by atoms with van der Waals surface area (Å²) in [6.45, 7) is 6.60. The average molecular weight is 256 g/mol. The van der Waals surface area contributed by atoms with E-state index in [0.717, 1.165) is 45.7 Å². The summed E-state index contributed by atoms with van der Waals surface area (Å²) < 4.78 is 5.44. The summed E-state index contributed by atoms with van der Waals surface area (Å²) in [5.74, 6) is 0.719. The van der Waals surface area contributed by atoms with Gasteiger partial charge in [0.05, 0.1) is 0 Å². The SMILES string of the molecule is CCCCOCCCNC(=O)CC1CCCNC1. The lowest BCUT2D eigenvalue weighted by atomic mass is 9.96. The van der Waals surface area contributed by atoms with Crippen molar-refractivity contribution >= 4 is 5.91 Å². The molecule has 0 saturated carbocycles.